The monoisotopic (exact) mass is 393 g/mol. The van der Waals surface area contributed by atoms with Crippen LogP contribution in [0, 0.1) is 32.1 Å². The minimum atomic E-state index is -0.539. The molecule has 148 valence electrons. The molecule has 0 saturated heterocycles. The summed E-state index contributed by atoms with van der Waals surface area (Å²) in [6, 6.07) is 23.8. The van der Waals surface area contributed by atoms with Crippen LogP contribution in [-0.2, 0) is 4.79 Å². The number of carbonyl (C=O) groups is 1. The van der Waals surface area contributed by atoms with Crippen molar-refractivity contribution < 1.29 is 4.79 Å². The summed E-state index contributed by atoms with van der Waals surface area (Å²) in [5.41, 5.74) is 9.77. The van der Waals surface area contributed by atoms with E-state index in [0.29, 0.717) is 0 Å². The molecular weight excluding hydrogens is 370 g/mol. The van der Waals surface area contributed by atoms with Crippen molar-refractivity contribution in [2.45, 2.75) is 20.8 Å². The topological polar surface area (TPSA) is 65.2 Å². The van der Waals surface area contributed by atoms with Crippen molar-refractivity contribution in [1.29, 1.82) is 5.26 Å². The van der Waals surface area contributed by atoms with Gasteiger partial charge in [-0.25, -0.2) is 5.43 Å². The third-order valence-corrected chi connectivity index (χ3v) is 4.95. The highest BCUT2D eigenvalue weighted by Crippen LogP contribution is 2.20. The average Bonchev–Trinajstić information content (AvgIpc) is 2.76. The molecule has 0 bridgehead atoms. The fourth-order valence-corrected chi connectivity index (χ4v) is 3.06. The van der Waals surface area contributed by atoms with Crippen LogP contribution in [0.4, 0.5) is 0 Å². The van der Waals surface area contributed by atoms with Gasteiger partial charge < -0.3 is 0 Å². The number of amides is 1. The van der Waals surface area contributed by atoms with Crippen molar-refractivity contribution in [3.05, 3.63) is 100 Å². The van der Waals surface area contributed by atoms with Gasteiger partial charge in [-0.2, -0.15) is 10.4 Å². The second-order valence-electron chi connectivity index (χ2n) is 7.15. The molecule has 0 aliphatic rings. The fourth-order valence-electron chi connectivity index (χ4n) is 3.06. The zero-order chi connectivity index (χ0) is 21.5. The maximum absolute atomic E-state index is 12.3. The Kier molecular flexibility index (Phi) is 6.56. The number of nitriles is 1. The van der Waals surface area contributed by atoms with Gasteiger partial charge in [0.1, 0.15) is 11.6 Å². The maximum atomic E-state index is 12.3. The SMILES string of the molecule is Cc1cc(C)c(/C=N/NC(=O)/C(C#N)=C/c2ccc(-c3ccccc3)cc2)cc1C. The molecule has 4 nitrogen and oxygen atoms in total. The van der Waals surface area contributed by atoms with Crippen LogP contribution >= 0.6 is 0 Å². The van der Waals surface area contributed by atoms with E-state index in [9.17, 15) is 10.1 Å². The Balaban J connectivity index is 1.71. The molecule has 0 atom stereocenters. The van der Waals surface area contributed by atoms with Gasteiger partial charge in [-0.3, -0.25) is 4.79 Å². The Bertz CT molecular complexity index is 1150. The lowest BCUT2D eigenvalue weighted by Crippen LogP contribution is -2.19. The molecule has 0 heterocycles. The van der Waals surface area contributed by atoms with Crippen LogP contribution < -0.4 is 5.43 Å². The van der Waals surface area contributed by atoms with Crippen LogP contribution in [0.1, 0.15) is 27.8 Å². The summed E-state index contributed by atoms with van der Waals surface area (Å²) < 4.78 is 0. The van der Waals surface area contributed by atoms with Crippen LogP contribution in [0.15, 0.2) is 77.4 Å². The van der Waals surface area contributed by atoms with E-state index < -0.39 is 5.91 Å². The Labute approximate surface area is 177 Å². The number of hydrazone groups is 1. The third-order valence-electron chi connectivity index (χ3n) is 4.95. The zero-order valence-electron chi connectivity index (χ0n) is 17.3. The molecular formula is C26H23N3O. The molecule has 3 rings (SSSR count). The Morgan fingerprint density at radius 3 is 2.20 bits per heavy atom. The number of carbonyl (C=O) groups excluding carboxylic acids is 1. The van der Waals surface area contributed by atoms with Gasteiger partial charge in [0.05, 0.1) is 6.21 Å². The minimum Gasteiger partial charge on any atom is -0.267 e. The molecule has 30 heavy (non-hydrogen) atoms. The highest BCUT2D eigenvalue weighted by molar-refractivity contribution is 6.02. The van der Waals surface area contributed by atoms with Crippen molar-refractivity contribution in [2.75, 3.05) is 0 Å². The van der Waals surface area contributed by atoms with E-state index in [1.54, 1.807) is 12.3 Å². The predicted octanol–water partition coefficient (Wildman–Crippen LogP) is 5.34. The van der Waals surface area contributed by atoms with E-state index >= 15 is 0 Å². The molecule has 0 fully saturated rings. The first-order valence-corrected chi connectivity index (χ1v) is 9.66. The summed E-state index contributed by atoms with van der Waals surface area (Å²) in [5.74, 6) is -0.539. The number of hydrogen-bond donors (Lipinski definition) is 1. The highest BCUT2D eigenvalue weighted by atomic mass is 16.2. The molecule has 0 radical (unpaired) electrons. The van der Waals surface area contributed by atoms with E-state index in [1.807, 2.05) is 80.6 Å². The normalized spacial score (nSPS) is 11.3. The van der Waals surface area contributed by atoms with Gasteiger partial charge in [0, 0.05) is 0 Å². The average molecular weight is 393 g/mol. The smallest absolute Gasteiger partial charge is 0.267 e. The van der Waals surface area contributed by atoms with E-state index in [4.69, 9.17) is 0 Å². The number of aryl methyl sites for hydroxylation is 3. The number of rotatable bonds is 5. The summed E-state index contributed by atoms with van der Waals surface area (Å²) in [4.78, 5) is 12.3. The van der Waals surface area contributed by atoms with Crippen LogP contribution in [0.2, 0.25) is 0 Å². The van der Waals surface area contributed by atoms with E-state index in [1.165, 1.54) is 5.56 Å². The fraction of sp³-hybridized carbons (Fsp3) is 0.115. The molecule has 1 amide bonds. The molecule has 0 aliphatic heterocycles. The highest BCUT2D eigenvalue weighted by Gasteiger charge is 2.08. The van der Waals surface area contributed by atoms with Crippen molar-refractivity contribution in [3.8, 4) is 17.2 Å². The second kappa shape index (κ2) is 9.49. The predicted molar refractivity (Wildman–Crippen MR) is 122 cm³/mol. The molecule has 0 unspecified atom stereocenters. The van der Waals surface area contributed by atoms with Gasteiger partial charge >= 0.3 is 0 Å². The number of benzene rings is 3. The van der Waals surface area contributed by atoms with Crippen molar-refractivity contribution in [1.82, 2.24) is 5.43 Å². The van der Waals surface area contributed by atoms with Crippen LogP contribution in [0.3, 0.4) is 0 Å². The molecule has 0 saturated carbocycles. The zero-order valence-corrected chi connectivity index (χ0v) is 17.3. The molecule has 0 aliphatic carbocycles. The summed E-state index contributed by atoms with van der Waals surface area (Å²) in [5, 5.41) is 13.4. The molecule has 0 spiro atoms. The van der Waals surface area contributed by atoms with Crippen LogP contribution in [0.5, 0.6) is 0 Å². The summed E-state index contributed by atoms with van der Waals surface area (Å²) >= 11 is 0. The maximum Gasteiger partial charge on any atom is 0.282 e. The van der Waals surface area contributed by atoms with Gasteiger partial charge in [-0.1, -0.05) is 60.7 Å². The quantitative estimate of drug-likeness (QED) is 0.275. The first-order valence-electron chi connectivity index (χ1n) is 9.66. The van der Waals surface area contributed by atoms with Crippen molar-refractivity contribution in [3.63, 3.8) is 0 Å². The van der Waals surface area contributed by atoms with Crippen LogP contribution in [-0.4, -0.2) is 12.1 Å². The first kappa shape index (κ1) is 20.8. The first-order chi connectivity index (χ1) is 14.5. The molecule has 1 N–H and O–H groups in total. The number of nitrogens with zero attached hydrogens (tertiary/aromatic N) is 2. The van der Waals surface area contributed by atoms with Crippen molar-refractivity contribution in [2.24, 2.45) is 5.10 Å². The Morgan fingerprint density at radius 2 is 1.53 bits per heavy atom. The third kappa shape index (κ3) is 5.09. The summed E-state index contributed by atoms with van der Waals surface area (Å²) in [7, 11) is 0. The van der Waals surface area contributed by atoms with Gasteiger partial charge in [0.25, 0.3) is 5.91 Å². The second-order valence-corrected chi connectivity index (χ2v) is 7.15. The molecule has 4 heteroatoms. The molecule has 3 aromatic carbocycles. The van der Waals surface area contributed by atoms with Gasteiger partial charge in [-0.15, -0.1) is 0 Å². The lowest BCUT2D eigenvalue weighted by molar-refractivity contribution is -0.117. The van der Waals surface area contributed by atoms with E-state index in [2.05, 4.69) is 23.5 Å². The Hall–Kier alpha value is -3.97. The number of nitrogens with one attached hydrogen (secondary N) is 1. The minimum absolute atomic E-state index is 0.00332. The summed E-state index contributed by atoms with van der Waals surface area (Å²) in [6.07, 6.45) is 3.16. The van der Waals surface area contributed by atoms with Gasteiger partial charge in [0.15, 0.2) is 0 Å². The van der Waals surface area contributed by atoms with Crippen LogP contribution in [0.25, 0.3) is 17.2 Å². The Morgan fingerprint density at radius 1 is 0.900 bits per heavy atom. The van der Waals surface area contributed by atoms with E-state index in [-0.39, 0.29) is 5.57 Å². The number of hydrogen-bond acceptors (Lipinski definition) is 3. The van der Waals surface area contributed by atoms with E-state index in [0.717, 1.165) is 33.4 Å². The van der Waals surface area contributed by atoms with Crippen molar-refractivity contribution >= 4 is 18.2 Å². The van der Waals surface area contributed by atoms with Gasteiger partial charge in [0.2, 0.25) is 0 Å². The lowest BCUT2D eigenvalue weighted by Gasteiger charge is -2.05. The largest absolute Gasteiger partial charge is 0.282 e. The standard InChI is InChI=1S/C26H23N3O/c1-18-13-20(3)25(14-19(18)2)17-28-29-26(30)24(16-27)15-21-9-11-23(12-10-21)22-7-5-4-6-8-22/h4-15,17H,1-3H3,(H,29,30)/b24-15+,28-17+. The summed E-state index contributed by atoms with van der Waals surface area (Å²) in [6.45, 7) is 6.08. The molecule has 0 aromatic heterocycles. The molecule has 3 aromatic rings. The lowest BCUT2D eigenvalue weighted by atomic mass is 10.0. The van der Waals surface area contributed by atoms with Gasteiger partial charge in [-0.05, 0) is 71.9 Å².